The number of aromatic nitrogens is 25. The zero-order chi connectivity index (χ0) is 95.7. The fraction of sp³-hybridized carbons (Fsp3) is 0.517. The molecule has 20 heterocycles. The van der Waals surface area contributed by atoms with Gasteiger partial charge in [0.15, 0.2) is 125 Å². The van der Waals surface area contributed by atoms with Crippen LogP contribution in [0.4, 0.5) is 57.3 Å². The predicted octanol–water partition coefficient (Wildman–Crippen LogP) is -0.0293. The van der Waals surface area contributed by atoms with Crippen molar-refractivity contribution < 1.29 is 134 Å². The monoisotopic (exact) mass is 2130 g/mol. The van der Waals surface area contributed by atoms with Crippen molar-refractivity contribution in [2.24, 2.45) is 0 Å². The number of nitrogen functional groups attached to an aromatic ring is 6. The van der Waals surface area contributed by atoms with E-state index in [2.05, 4.69) is 108 Å². The first-order valence-electron chi connectivity index (χ1n) is 38.7. The van der Waals surface area contributed by atoms with Crippen molar-refractivity contribution in [2.75, 3.05) is 81.2 Å². The molecule has 8 aliphatic rings. The minimum Gasteiger partial charge on any atom is -0.383 e. The molecule has 58 nitrogen and oxygen atoms in total. The zero-order valence-corrected chi connectivity index (χ0v) is 77.8. The molecule has 0 radical (unpaired) electrons. The summed E-state index contributed by atoms with van der Waals surface area (Å²) in [6.07, 6.45) is -25.7. The van der Waals surface area contributed by atoms with Gasteiger partial charge in [-0.15, -0.1) is 14.7 Å². The highest BCUT2D eigenvalue weighted by Gasteiger charge is 2.58. The number of alkyl halides is 5. The molecular formula is C60H69F5N31O27P6S6+. The SMILES string of the molecule is CO[C@H]1[C@H](F)[C@H](n2cnc3c(N)ncnc32)O[C@@H]1COP(O)(=S)O[C@@H]1[C@@H](F)[C@@H](CO[P+](=O)S)O[C@H]1n1nnc2c(=O)[nH]c(N)nc21.Nc1nc2c(ncn2[C@@H]2O[C@@H]3COP(O)(=S)O[C@H]4[C@H](F)[C@H](n5ccc6c(N)ncnc65)O[C@@H]4COP(O)(=S)O[C@@H]2[C@H]3F)c(=O)[nH]1.Nc1nc2c(nnn2[C@@H]2O[C@@H]3COP(O)(=S)O[C@H]4[C@H](F)[C@H](n5cnc6c(N)ncnc65)O[C@@H]4COP(O)(=S)O[C@@H]2C3)c(=O)[nH]1. The molecule has 726 valence electrons. The number of nitrogens with zero attached hydrogens (tertiary/aromatic N) is 22. The lowest BCUT2D eigenvalue weighted by Crippen LogP contribution is -2.34. The summed E-state index contributed by atoms with van der Waals surface area (Å²) in [4.78, 5) is 147. The smallest absolute Gasteiger partial charge is 0.383 e. The number of nitrogens with two attached hydrogens (primary N) is 6. The van der Waals surface area contributed by atoms with Gasteiger partial charge in [-0.3, -0.25) is 61.1 Å². The minimum atomic E-state index is -4.39. The van der Waals surface area contributed by atoms with Crippen molar-refractivity contribution in [2.45, 2.75) is 148 Å². The number of ether oxygens (including phenoxy) is 7. The summed E-state index contributed by atoms with van der Waals surface area (Å²) in [5.41, 5.74) is 32.8. The highest BCUT2D eigenvalue weighted by atomic mass is 32.7. The molecule has 20 rings (SSSR count). The van der Waals surface area contributed by atoms with Gasteiger partial charge >= 0.3 is 40.8 Å². The van der Waals surface area contributed by atoms with E-state index >= 15 is 22.0 Å². The lowest BCUT2D eigenvalue weighted by Gasteiger charge is -2.27. The third kappa shape index (κ3) is 19.6. The Labute approximate surface area is 777 Å². The Morgan fingerprint density at radius 1 is 0.496 bits per heavy atom. The Morgan fingerprint density at radius 3 is 1.51 bits per heavy atom. The van der Waals surface area contributed by atoms with E-state index in [1.165, 1.54) is 58.6 Å². The molecule has 135 heavy (non-hydrogen) atoms. The standard InChI is InChI=1S/C21H23F2N9O9P2S2.C20H23F2N11O9P2S2.C19H22FN11O9P2S2/c22-10-8-3-36-42(34,44)40-13-9(39-19(11(13)23)31-2-1-7-15(24)26-5-27-16(7)31)4-37-43(35,45)41-14(10)20(38-8)32-6-28-12-17(32)29-21(25)30-18(12)33;1-37-12-7(41-18(9(12)22)32-5-27-10-14(23)25-4-26-15(10)32)3-39-44(36,46)42-13-8(21)6(2-38-43(35)45)40-19(13)33-16-11(30-31-33)17(34)29-20(24)28-16;20-9-12-8(38-18(9)30-5-25-10-13(21)23-4-24-14(10)30)3-36-41(33,43)39-7-1-6(2-35-42(34,44)40-12)37-17(7)31-15-11(28-29-31)16(32)27-19(22)26-15/h1-2,5-6,8-11,13-14,19-20H,3-4H2,(H,34,44)(H,35,45)(H2,24,26,27)(H3,25,29,30,33);4-9,12-13,18-19H,2-3H2,1H3,(H6-,23,24,25,26,28,29,31,34,35,36,45,46);4-9,12,17-18H,1-3H2,(H,33,43)(H,34,44)(H2,21,23,24)(H3,22,26,27,32)/p+1/t8-,9-,10+,11+,13-,14-,19-,20-,42?,43?;6-,7-,8+,9+,12-,13-,18-,19-,44?;6-,7+,8+,9-,12+,17+,18+,41?,42?/m110/s1. The molecule has 12 aromatic rings. The minimum absolute atomic E-state index is 0.0260. The molecule has 0 aliphatic carbocycles. The van der Waals surface area contributed by atoms with E-state index in [1.54, 1.807) is 6.07 Å². The second-order valence-electron chi connectivity index (χ2n) is 29.9. The van der Waals surface area contributed by atoms with Gasteiger partial charge in [0, 0.05) is 19.7 Å². The van der Waals surface area contributed by atoms with Crippen LogP contribution in [0.25, 0.3) is 66.9 Å². The van der Waals surface area contributed by atoms with E-state index in [9.17, 15) is 43.4 Å². The first-order valence-corrected chi connectivity index (χ1v) is 54.0. The normalized spacial score (nSPS) is 34.7. The molecule has 0 aromatic carbocycles. The van der Waals surface area contributed by atoms with Crippen LogP contribution in [0.1, 0.15) is 43.8 Å². The fourth-order valence-corrected chi connectivity index (χ4v) is 23.2. The Hall–Kier alpha value is -8.14. The summed E-state index contributed by atoms with van der Waals surface area (Å²) in [5, 5.41) is 15.8. The van der Waals surface area contributed by atoms with Gasteiger partial charge in [0.25, 0.3) is 16.7 Å². The van der Waals surface area contributed by atoms with Gasteiger partial charge in [0.05, 0.1) is 63.5 Å². The maximum absolute atomic E-state index is 16.0. The lowest BCUT2D eigenvalue weighted by atomic mass is 10.1. The number of fused-ring (bicyclic) bond motifs is 12. The van der Waals surface area contributed by atoms with Gasteiger partial charge in [-0.1, -0.05) is 10.4 Å². The number of hydrogen-bond acceptors (Lipinski definition) is 49. The predicted molar refractivity (Wildman–Crippen MR) is 467 cm³/mol. The number of H-pyrrole nitrogens is 3. The number of methoxy groups -OCH3 is 1. The van der Waals surface area contributed by atoms with Gasteiger partial charge in [0.2, 0.25) is 17.8 Å². The maximum Gasteiger partial charge on any atom is 0.582 e. The topological polar surface area (TPSA) is 775 Å². The summed E-state index contributed by atoms with van der Waals surface area (Å²) in [7, 11) is -1.19. The summed E-state index contributed by atoms with van der Waals surface area (Å²) >= 11 is 29.6. The second-order valence-corrected chi connectivity index (χ2v) is 45.6. The lowest BCUT2D eigenvalue weighted by molar-refractivity contribution is -0.0637. The number of imidazole rings is 3. The molecular weight excluding hydrogens is 2060 g/mol. The van der Waals surface area contributed by atoms with E-state index in [0.29, 0.717) is 5.39 Å². The van der Waals surface area contributed by atoms with Crippen LogP contribution in [0.15, 0.2) is 64.6 Å². The molecule has 0 amide bonds. The van der Waals surface area contributed by atoms with Crippen molar-refractivity contribution in [1.82, 2.24) is 123 Å². The van der Waals surface area contributed by atoms with Crippen molar-refractivity contribution in [3.8, 4) is 0 Å². The molecule has 8 saturated heterocycles. The first kappa shape index (κ1) is 97.1. The molecule has 4 bridgehead atoms. The van der Waals surface area contributed by atoms with Crippen molar-refractivity contribution in [3.05, 3.63) is 81.3 Å². The van der Waals surface area contributed by atoms with Crippen molar-refractivity contribution in [1.29, 1.82) is 0 Å². The average Bonchev–Trinajstić information content (AvgIpc) is 1.62. The van der Waals surface area contributed by atoms with E-state index in [0.717, 1.165) is 20.3 Å². The van der Waals surface area contributed by atoms with Crippen LogP contribution in [0.5, 0.6) is 0 Å². The van der Waals surface area contributed by atoms with E-state index in [-0.39, 0.29) is 110 Å². The highest BCUT2D eigenvalue weighted by Crippen LogP contribution is 2.59. The molecule has 75 heteroatoms. The van der Waals surface area contributed by atoms with E-state index < -0.39 is 232 Å². The largest absolute Gasteiger partial charge is 0.582 e. The van der Waals surface area contributed by atoms with Gasteiger partial charge in [-0.2, -0.15) is 24.3 Å². The molecule has 20 N–H and O–H groups in total. The Bertz CT molecular complexity index is 7040. The zero-order valence-electron chi connectivity index (χ0n) is 67.4. The molecule has 6 unspecified atom stereocenters. The van der Waals surface area contributed by atoms with E-state index in [4.69, 9.17) is 176 Å². The number of hydrogen-bond donors (Lipinski definition) is 15. The van der Waals surface area contributed by atoms with Crippen LogP contribution in [-0.4, -0.2) is 298 Å². The third-order valence-electron chi connectivity index (χ3n) is 21.5. The van der Waals surface area contributed by atoms with Crippen molar-refractivity contribution >= 4 is 214 Å². The molecule has 8 fully saturated rings. The maximum atomic E-state index is 16.0. The number of nitrogens with one attached hydrogen (secondary N) is 3. The third-order valence-corrected chi connectivity index (χ3v) is 30.0. The van der Waals surface area contributed by atoms with Crippen LogP contribution in [0, 0.1) is 0 Å². The van der Waals surface area contributed by atoms with Crippen molar-refractivity contribution in [3.63, 3.8) is 0 Å². The molecule has 0 spiro atoms. The summed E-state index contributed by atoms with van der Waals surface area (Å²) in [5.74, 6) is -0.449. The van der Waals surface area contributed by atoms with Crippen LogP contribution < -0.4 is 51.1 Å². The Balaban J connectivity index is 0.000000135. The van der Waals surface area contributed by atoms with Crippen LogP contribution in [0.2, 0.25) is 0 Å². The fourth-order valence-electron chi connectivity index (χ4n) is 15.5. The van der Waals surface area contributed by atoms with Gasteiger partial charge in [-0.25, -0.2) is 66.8 Å². The molecule has 29 atom stereocenters. The van der Waals surface area contributed by atoms with Crippen LogP contribution >= 0.6 is 53.1 Å². The summed E-state index contributed by atoms with van der Waals surface area (Å²) in [6.45, 7) is -24.6. The number of thiol groups is 1. The van der Waals surface area contributed by atoms with Gasteiger partial charge < -0.3 is 124 Å². The average molecular weight is 2130 g/mol. The number of anilines is 6. The molecule has 0 saturated carbocycles. The number of rotatable bonds is 15. The Kier molecular flexibility index (Phi) is 27.4. The number of aromatic amines is 3. The van der Waals surface area contributed by atoms with Gasteiger partial charge in [-0.05, 0) is 69.7 Å². The molecule has 8 aliphatic heterocycles. The van der Waals surface area contributed by atoms with E-state index in [1.807, 2.05) is 0 Å². The second kappa shape index (κ2) is 38.1. The quantitative estimate of drug-likeness (QED) is 0.0364. The number of halogens is 5. The first-order chi connectivity index (χ1) is 64.1. The molecule has 12 aromatic heterocycles. The van der Waals surface area contributed by atoms with Crippen LogP contribution in [-0.2, 0) is 147 Å². The Morgan fingerprint density at radius 2 is 0.956 bits per heavy atom. The van der Waals surface area contributed by atoms with Crippen LogP contribution in [0.3, 0.4) is 0 Å². The highest BCUT2D eigenvalue weighted by molar-refractivity contribution is 8.39. The van der Waals surface area contributed by atoms with Gasteiger partial charge in [0.1, 0.15) is 127 Å². The summed E-state index contributed by atoms with van der Waals surface area (Å²) in [6, 6.07) is 1.57. The summed E-state index contributed by atoms with van der Waals surface area (Å²) < 4.78 is 199.